The monoisotopic (exact) mass is 279 g/mol. The zero-order valence-corrected chi connectivity index (χ0v) is 12.2. The van der Waals surface area contributed by atoms with Gasteiger partial charge in [0.2, 0.25) is 5.91 Å². The van der Waals surface area contributed by atoms with Crippen LogP contribution in [0.4, 0.5) is 0 Å². The summed E-state index contributed by atoms with van der Waals surface area (Å²) in [5, 5.41) is 9.12. The molecule has 0 aromatic carbocycles. The highest BCUT2D eigenvalue weighted by Gasteiger charge is 2.24. The Balaban J connectivity index is 2.00. The molecule has 1 heterocycles. The molecule has 1 aromatic rings. The number of carbonyl (C=O) groups excluding carboxylic acids is 1. The van der Waals surface area contributed by atoms with Crippen LogP contribution in [-0.2, 0) is 4.79 Å². The summed E-state index contributed by atoms with van der Waals surface area (Å²) in [4.78, 5) is 16.4. The van der Waals surface area contributed by atoms with E-state index in [4.69, 9.17) is 5.11 Å². The van der Waals surface area contributed by atoms with Crippen molar-refractivity contribution in [3.05, 3.63) is 28.0 Å². The van der Waals surface area contributed by atoms with Crippen molar-refractivity contribution < 1.29 is 9.90 Å². The normalized spacial score (nSPS) is 16.3. The van der Waals surface area contributed by atoms with Crippen molar-refractivity contribution in [1.29, 1.82) is 0 Å². The molecule has 1 saturated carbocycles. The number of aliphatic hydroxyl groups excluding tert-OH is 1. The fourth-order valence-electron chi connectivity index (χ4n) is 2.59. The van der Waals surface area contributed by atoms with Gasteiger partial charge in [-0.3, -0.25) is 4.79 Å². The Morgan fingerprint density at radius 2 is 2.21 bits per heavy atom. The van der Waals surface area contributed by atoms with Gasteiger partial charge in [-0.1, -0.05) is 12.8 Å². The highest BCUT2D eigenvalue weighted by atomic mass is 32.1. The standard InChI is InChI=1S/C15H21NO2S/c1-12-6-7-14(19-12)8-9-15(18)16(10-11-17)13-4-2-3-5-13/h6-9,13,17H,2-5,10-11H2,1H3/b9-8+. The lowest BCUT2D eigenvalue weighted by Gasteiger charge is -2.27. The molecule has 1 amide bonds. The fraction of sp³-hybridized carbons (Fsp3) is 0.533. The summed E-state index contributed by atoms with van der Waals surface area (Å²) in [7, 11) is 0. The minimum Gasteiger partial charge on any atom is -0.395 e. The van der Waals surface area contributed by atoms with Crippen molar-refractivity contribution in [2.24, 2.45) is 0 Å². The Morgan fingerprint density at radius 1 is 1.47 bits per heavy atom. The first-order valence-electron chi connectivity index (χ1n) is 6.86. The van der Waals surface area contributed by atoms with Crippen LogP contribution in [0.5, 0.6) is 0 Å². The van der Waals surface area contributed by atoms with Crippen LogP contribution < -0.4 is 0 Å². The van der Waals surface area contributed by atoms with Gasteiger partial charge in [-0.2, -0.15) is 0 Å². The van der Waals surface area contributed by atoms with Crippen LogP contribution in [0.25, 0.3) is 6.08 Å². The van der Waals surface area contributed by atoms with Gasteiger partial charge in [0, 0.05) is 28.4 Å². The van der Waals surface area contributed by atoms with Crippen LogP contribution in [0, 0.1) is 6.92 Å². The van der Waals surface area contributed by atoms with Crippen molar-refractivity contribution in [3.8, 4) is 0 Å². The van der Waals surface area contributed by atoms with Crippen molar-refractivity contribution in [2.75, 3.05) is 13.2 Å². The van der Waals surface area contributed by atoms with E-state index in [1.54, 1.807) is 17.4 Å². The van der Waals surface area contributed by atoms with E-state index in [0.717, 1.165) is 17.7 Å². The zero-order chi connectivity index (χ0) is 13.7. The molecule has 19 heavy (non-hydrogen) atoms. The third-order valence-corrected chi connectivity index (χ3v) is 4.51. The van der Waals surface area contributed by atoms with E-state index in [0.29, 0.717) is 12.6 Å². The molecule has 0 aliphatic heterocycles. The van der Waals surface area contributed by atoms with Gasteiger partial charge >= 0.3 is 0 Å². The summed E-state index contributed by atoms with van der Waals surface area (Å²) in [5.41, 5.74) is 0. The smallest absolute Gasteiger partial charge is 0.246 e. The maximum absolute atomic E-state index is 12.2. The lowest BCUT2D eigenvalue weighted by atomic mass is 10.2. The van der Waals surface area contributed by atoms with E-state index in [1.807, 2.05) is 17.0 Å². The molecule has 3 nitrogen and oxygen atoms in total. The number of hydrogen-bond acceptors (Lipinski definition) is 3. The van der Waals surface area contributed by atoms with Gasteiger partial charge in [0.15, 0.2) is 0 Å². The number of hydrogen-bond donors (Lipinski definition) is 1. The van der Waals surface area contributed by atoms with Crippen LogP contribution in [0.2, 0.25) is 0 Å². The third kappa shape index (κ3) is 3.91. The molecule has 1 aliphatic rings. The second-order valence-corrected chi connectivity index (χ2v) is 6.29. The molecule has 104 valence electrons. The number of aliphatic hydroxyl groups is 1. The highest BCUT2D eigenvalue weighted by molar-refractivity contribution is 7.12. The average molecular weight is 279 g/mol. The van der Waals surface area contributed by atoms with E-state index in [9.17, 15) is 4.79 Å². The average Bonchev–Trinajstić information content (AvgIpc) is 3.04. The van der Waals surface area contributed by atoms with E-state index >= 15 is 0 Å². The molecule has 0 radical (unpaired) electrons. The van der Waals surface area contributed by atoms with E-state index < -0.39 is 0 Å². The SMILES string of the molecule is Cc1ccc(/C=C/C(=O)N(CCO)C2CCCC2)s1. The Hall–Kier alpha value is -1.13. The molecule has 0 atom stereocenters. The molecule has 1 fully saturated rings. The lowest BCUT2D eigenvalue weighted by Crippen LogP contribution is -2.39. The Bertz CT molecular complexity index is 447. The van der Waals surface area contributed by atoms with Crippen molar-refractivity contribution >= 4 is 23.3 Å². The van der Waals surface area contributed by atoms with Crippen molar-refractivity contribution in [3.63, 3.8) is 0 Å². The quantitative estimate of drug-likeness (QED) is 0.842. The van der Waals surface area contributed by atoms with Gasteiger partial charge in [0.25, 0.3) is 0 Å². The maximum atomic E-state index is 12.2. The fourth-order valence-corrected chi connectivity index (χ4v) is 3.37. The van der Waals surface area contributed by atoms with Gasteiger partial charge in [-0.25, -0.2) is 0 Å². The molecule has 1 aliphatic carbocycles. The second kappa shape index (κ2) is 6.87. The molecular weight excluding hydrogens is 258 g/mol. The van der Waals surface area contributed by atoms with Gasteiger partial charge in [-0.15, -0.1) is 11.3 Å². The molecule has 0 spiro atoms. The number of carbonyl (C=O) groups is 1. The van der Waals surface area contributed by atoms with E-state index in [1.165, 1.54) is 17.7 Å². The highest BCUT2D eigenvalue weighted by Crippen LogP contribution is 2.24. The van der Waals surface area contributed by atoms with Gasteiger partial charge in [0.05, 0.1) is 6.61 Å². The molecule has 4 heteroatoms. The summed E-state index contributed by atoms with van der Waals surface area (Å²) in [6.07, 6.45) is 8.02. The molecule has 0 unspecified atom stereocenters. The number of amides is 1. The van der Waals surface area contributed by atoms with E-state index in [-0.39, 0.29) is 12.5 Å². The topological polar surface area (TPSA) is 40.5 Å². The second-order valence-electron chi connectivity index (χ2n) is 4.98. The minimum atomic E-state index is 0.0204. The van der Waals surface area contributed by atoms with Crippen LogP contribution in [0.15, 0.2) is 18.2 Å². The summed E-state index contributed by atoms with van der Waals surface area (Å²) in [5.74, 6) is 0.0204. The number of thiophene rings is 1. The summed E-state index contributed by atoms with van der Waals surface area (Å²) >= 11 is 1.68. The first-order valence-corrected chi connectivity index (χ1v) is 7.68. The number of aryl methyl sites for hydroxylation is 1. The predicted molar refractivity (Wildman–Crippen MR) is 79.1 cm³/mol. The molecule has 1 N–H and O–H groups in total. The predicted octanol–water partition coefficient (Wildman–Crippen LogP) is 2.83. The van der Waals surface area contributed by atoms with Crippen LogP contribution in [0.1, 0.15) is 35.4 Å². The van der Waals surface area contributed by atoms with Crippen LogP contribution in [0.3, 0.4) is 0 Å². The molecule has 1 aromatic heterocycles. The summed E-state index contributed by atoms with van der Waals surface area (Å²) in [6.45, 7) is 2.53. The summed E-state index contributed by atoms with van der Waals surface area (Å²) < 4.78 is 0. The van der Waals surface area contributed by atoms with Crippen LogP contribution >= 0.6 is 11.3 Å². The van der Waals surface area contributed by atoms with E-state index in [2.05, 4.69) is 13.0 Å². The van der Waals surface area contributed by atoms with Gasteiger partial charge < -0.3 is 10.0 Å². The first kappa shape index (κ1) is 14.3. The minimum absolute atomic E-state index is 0.0204. The van der Waals surface area contributed by atoms with Crippen molar-refractivity contribution in [1.82, 2.24) is 4.90 Å². The number of nitrogens with zero attached hydrogens (tertiary/aromatic N) is 1. The van der Waals surface area contributed by atoms with Crippen LogP contribution in [-0.4, -0.2) is 35.1 Å². The first-order chi connectivity index (χ1) is 9.20. The number of rotatable bonds is 5. The third-order valence-electron chi connectivity index (χ3n) is 3.54. The Labute approximate surface area is 118 Å². The molecule has 0 bridgehead atoms. The van der Waals surface area contributed by atoms with Gasteiger partial charge in [0.1, 0.15) is 0 Å². The Morgan fingerprint density at radius 3 is 2.79 bits per heavy atom. The summed E-state index contributed by atoms with van der Waals surface area (Å²) in [6, 6.07) is 4.39. The van der Waals surface area contributed by atoms with Gasteiger partial charge in [-0.05, 0) is 38.0 Å². The molecular formula is C15H21NO2S. The largest absolute Gasteiger partial charge is 0.395 e. The molecule has 2 rings (SSSR count). The maximum Gasteiger partial charge on any atom is 0.246 e. The molecule has 0 saturated heterocycles. The lowest BCUT2D eigenvalue weighted by molar-refractivity contribution is -0.128. The zero-order valence-electron chi connectivity index (χ0n) is 11.3. The Kier molecular flexibility index (Phi) is 5.16. The van der Waals surface area contributed by atoms with Crippen molar-refractivity contribution in [2.45, 2.75) is 38.6 Å².